The van der Waals surface area contributed by atoms with Gasteiger partial charge in [-0.05, 0) is 49.7 Å². The molecule has 3 rings (SSSR count). The summed E-state index contributed by atoms with van der Waals surface area (Å²) < 4.78 is 0. The molecule has 0 saturated carbocycles. The van der Waals surface area contributed by atoms with Gasteiger partial charge in [0.1, 0.15) is 5.82 Å². The molecule has 0 radical (unpaired) electrons. The van der Waals surface area contributed by atoms with Crippen molar-refractivity contribution in [2.45, 2.75) is 19.8 Å². The number of aromatic nitrogens is 1. The number of rotatable bonds is 5. The van der Waals surface area contributed by atoms with Crippen LogP contribution in [0.4, 0.5) is 11.5 Å². The Labute approximate surface area is 160 Å². The van der Waals surface area contributed by atoms with Gasteiger partial charge >= 0.3 is 0 Å². The van der Waals surface area contributed by atoms with Crippen molar-refractivity contribution in [3.63, 3.8) is 0 Å². The summed E-state index contributed by atoms with van der Waals surface area (Å²) in [6, 6.07) is 9.82. The number of pyridine rings is 1. The van der Waals surface area contributed by atoms with Crippen molar-refractivity contribution in [2.75, 3.05) is 43.4 Å². The molecule has 0 bridgehead atoms. The van der Waals surface area contributed by atoms with E-state index in [4.69, 9.17) is 11.6 Å². The van der Waals surface area contributed by atoms with Crippen LogP contribution in [-0.2, 0) is 11.2 Å². The monoisotopic (exact) mass is 372 g/mol. The lowest BCUT2D eigenvalue weighted by molar-refractivity contribution is -0.116. The van der Waals surface area contributed by atoms with Gasteiger partial charge in [-0.2, -0.15) is 0 Å². The van der Waals surface area contributed by atoms with Gasteiger partial charge in [0.25, 0.3) is 0 Å². The molecule has 5 nitrogen and oxygen atoms in total. The highest BCUT2D eigenvalue weighted by Crippen LogP contribution is 2.19. The lowest BCUT2D eigenvalue weighted by Crippen LogP contribution is -2.44. The molecular formula is C20H25ClN4O. The van der Waals surface area contributed by atoms with Crippen LogP contribution in [0.2, 0.25) is 5.02 Å². The van der Waals surface area contributed by atoms with Crippen LogP contribution in [0.1, 0.15) is 17.5 Å². The number of hydrogen-bond acceptors (Lipinski definition) is 4. The Bertz CT molecular complexity index is 755. The number of likely N-dealkylation sites (N-methyl/N-ethyl adjacent to an activating group) is 1. The fourth-order valence-corrected chi connectivity index (χ4v) is 3.16. The number of anilines is 2. The average molecular weight is 373 g/mol. The van der Waals surface area contributed by atoms with Crippen LogP contribution < -0.4 is 10.2 Å². The number of carbonyl (C=O) groups excluding carboxylic acids is 1. The summed E-state index contributed by atoms with van der Waals surface area (Å²) in [6.45, 7) is 6.02. The largest absolute Gasteiger partial charge is 0.354 e. The maximum Gasteiger partial charge on any atom is 0.224 e. The second-order valence-corrected chi connectivity index (χ2v) is 7.23. The zero-order valence-electron chi connectivity index (χ0n) is 15.3. The van der Waals surface area contributed by atoms with Crippen molar-refractivity contribution >= 4 is 29.0 Å². The third kappa shape index (κ3) is 4.96. The average Bonchev–Trinajstić information content (AvgIpc) is 2.64. The molecule has 0 unspecified atom stereocenters. The molecule has 1 aliphatic heterocycles. The van der Waals surface area contributed by atoms with Gasteiger partial charge in [0.2, 0.25) is 5.91 Å². The number of nitrogens with one attached hydrogen (secondary N) is 1. The predicted octanol–water partition coefficient (Wildman–Crippen LogP) is 3.37. The Morgan fingerprint density at radius 3 is 2.62 bits per heavy atom. The number of nitrogens with zero attached hydrogens (tertiary/aromatic N) is 3. The van der Waals surface area contributed by atoms with Gasteiger partial charge < -0.3 is 15.1 Å². The van der Waals surface area contributed by atoms with Crippen LogP contribution >= 0.6 is 11.6 Å². The molecule has 138 valence electrons. The lowest BCUT2D eigenvalue weighted by atomic mass is 10.1. The van der Waals surface area contributed by atoms with Crippen LogP contribution in [0.5, 0.6) is 0 Å². The first-order valence-electron chi connectivity index (χ1n) is 8.96. The molecule has 0 aliphatic carbocycles. The summed E-state index contributed by atoms with van der Waals surface area (Å²) in [4.78, 5) is 21.3. The van der Waals surface area contributed by atoms with Crippen molar-refractivity contribution < 1.29 is 4.79 Å². The molecule has 6 heteroatoms. The SMILES string of the molecule is Cc1ccc(CCC(=O)Nc2ccc(N3CCN(C)CC3)nc2)cc1Cl. The Kier molecular flexibility index (Phi) is 6.12. The van der Waals surface area contributed by atoms with E-state index in [-0.39, 0.29) is 5.91 Å². The fraction of sp³-hybridized carbons (Fsp3) is 0.400. The summed E-state index contributed by atoms with van der Waals surface area (Å²) in [6.07, 6.45) is 2.81. The van der Waals surface area contributed by atoms with Crippen LogP contribution in [0.3, 0.4) is 0 Å². The van der Waals surface area contributed by atoms with Gasteiger partial charge in [0.15, 0.2) is 0 Å². The molecule has 1 N–H and O–H groups in total. The third-order valence-electron chi connectivity index (χ3n) is 4.74. The number of benzene rings is 1. The first-order valence-corrected chi connectivity index (χ1v) is 9.33. The van der Waals surface area contributed by atoms with Crippen LogP contribution in [0.15, 0.2) is 36.5 Å². The van der Waals surface area contributed by atoms with Gasteiger partial charge in [-0.25, -0.2) is 4.98 Å². The van der Waals surface area contributed by atoms with Gasteiger partial charge in [-0.1, -0.05) is 23.7 Å². The van der Waals surface area contributed by atoms with Crippen molar-refractivity contribution in [1.82, 2.24) is 9.88 Å². The second-order valence-electron chi connectivity index (χ2n) is 6.83. The van der Waals surface area contributed by atoms with E-state index < -0.39 is 0 Å². The van der Waals surface area contributed by atoms with Gasteiger partial charge in [-0.15, -0.1) is 0 Å². The highest BCUT2D eigenvalue weighted by molar-refractivity contribution is 6.31. The minimum atomic E-state index is -0.0177. The molecule has 1 saturated heterocycles. The normalized spacial score (nSPS) is 15.1. The predicted molar refractivity (Wildman–Crippen MR) is 107 cm³/mol. The Morgan fingerprint density at radius 1 is 1.19 bits per heavy atom. The van der Waals surface area contributed by atoms with Crippen LogP contribution in [0, 0.1) is 6.92 Å². The highest BCUT2D eigenvalue weighted by atomic mass is 35.5. The minimum absolute atomic E-state index is 0.0177. The van der Waals surface area contributed by atoms with E-state index in [9.17, 15) is 4.79 Å². The fourth-order valence-electron chi connectivity index (χ4n) is 2.96. The summed E-state index contributed by atoms with van der Waals surface area (Å²) in [5.41, 5.74) is 2.85. The number of hydrogen-bond donors (Lipinski definition) is 1. The number of piperazine rings is 1. The third-order valence-corrected chi connectivity index (χ3v) is 5.14. The second kappa shape index (κ2) is 8.52. The van der Waals surface area contributed by atoms with Crippen molar-refractivity contribution in [3.05, 3.63) is 52.7 Å². The summed E-state index contributed by atoms with van der Waals surface area (Å²) in [5, 5.41) is 3.66. The summed E-state index contributed by atoms with van der Waals surface area (Å²) in [5.74, 6) is 0.946. The van der Waals surface area contributed by atoms with E-state index in [1.807, 2.05) is 37.3 Å². The molecule has 1 aliphatic rings. The van der Waals surface area contributed by atoms with Crippen molar-refractivity contribution in [1.29, 1.82) is 0 Å². The Hall–Kier alpha value is -2.11. The topological polar surface area (TPSA) is 48.5 Å². The number of carbonyl (C=O) groups is 1. The molecule has 0 spiro atoms. The Morgan fingerprint density at radius 2 is 1.96 bits per heavy atom. The molecule has 2 heterocycles. The molecular weight excluding hydrogens is 348 g/mol. The molecule has 2 aromatic rings. The van der Waals surface area contributed by atoms with Crippen LogP contribution in [-0.4, -0.2) is 49.0 Å². The smallest absolute Gasteiger partial charge is 0.224 e. The van der Waals surface area contributed by atoms with E-state index in [0.717, 1.165) is 53.8 Å². The lowest BCUT2D eigenvalue weighted by Gasteiger charge is -2.33. The van der Waals surface area contributed by atoms with Gasteiger partial charge in [0, 0.05) is 37.6 Å². The van der Waals surface area contributed by atoms with E-state index >= 15 is 0 Å². The standard InChI is InChI=1S/C20H25ClN4O/c1-15-3-4-16(13-18(15)21)5-8-20(26)23-17-6-7-19(22-14-17)25-11-9-24(2)10-12-25/h3-4,6-7,13-14H,5,8-12H2,1-2H3,(H,23,26). The molecule has 1 fully saturated rings. The van der Waals surface area contributed by atoms with Crippen molar-refractivity contribution in [3.8, 4) is 0 Å². The summed E-state index contributed by atoms with van der Waals surface area (Å²) in [7, 11) is 2.13. The first kappa shape index (κ1) is 18.7. The van der Waals surface area contributed by atoms with Crippen molar-refractivity contribution in [2.24, 2.45) is 0 Å². The van der Waals surface area contributed by atoms with Gasteiger partial charge in [0.05, 0.1) is 11.9 Å². The molecule has 1 aromatic carbocycles. The highest BCUT2D eigenvalue weighted by Gasteiger charge is 2.15. The quantitative estimate of drug-likeness (QED) is 0.874. The summed E-state index contributed by atoms with van der Waals surface area (Å²) >= 11 is 6.13. The zero-order chi connectivity index (χ0) is 18.5. The number of aryl methyl sites for hydroxylation is 2. The minimum Gasteiger partial charge on any atom is -0.354 e. The number of halogens is 1. The number of amides is 1. The van der Waals surface area contributed by atoms with E-state index in [0.29, 0.717) is 12.8 Å². The van der Waals surface area contributed by atoms with E-state index in [2.05, 4.69) is 27.1 Å². The van der Waals surface area contributed by atoms with E-state index in [1.54, 1.807) is 6.20 Å². The maximum absolute atomic E-state index is 12.2. The van der Waals surface area contributed by atoms with Gasteiger partial charge in [-0.3, -0.25) is 4.79 Å². The van der Waals surface area contributed by atoms with E-state index in [1.165, 1.54) is 0 Å². The zero-order valence-corrected chi connectivity index (χ0v) is 16.1. The Balaban J connectivity index is 1.50. The molecule has 0 atom stereocenters. The molecule has 1 aromatic heterocycles. The molecule has 1 amide bonds. The first-order chi connectivity index (χ1) is 12.5. The molecule has 26 heavy (non-hydrogen) atoms. The maximum atomic E-state index is 12.2. The van der Waals surface area contributed by atoms with Crippen LogP contribution in [0.25, 0.3) is 0 Å².